The van der Waals surface area contributed by atoms with E-state index in [9.17, 15) is 4.39 Å². The van der Waals surface area contributed by atoms with Crippen LogP contribution in [0.4, 0.5) is 4.39 Å². The maximum atomic E-state index is 14.1. The second-order valence-electron chi connectivity index (χ2n) is 4.56. The zero-order valence-electron chi connectivity index (χ0n) is 10.9. The third-order valence-electron chi connectivity index (χ3n) is 3.38. The highest BCUT2D eigenvalue weighted by atomic mass is 35.5. The van der Waals surface area contributed by atoms with Gasteiger partial charge in [-0.05, 0) is 24.6 Å². The highest BCUT2D eigenvalue weighted by Crippen LogP contribution is 2.34. The number of nitrogens with two attached hydrogens (primary N) is 1. The van der Waals surface area contributed by atoms with E-state index >= 15 is 0 Å². The number of benzene rings is 1. The molecule has 2 aromatic heterocycles. The van der Waals surface area contributed by atoms with Crippen molar-refractivity contribution in [3.05, 3.63) is 51.4 Å². The molecule has 0 bridgehead atoms. The van der Waals surface area contributed by atoms with Gasteiger partial charge in [-0.1, -0.05) is 17.7 Å². The summed E-state index contributed by atoms with van der Waals surface area (Å²) in [5.41, 5.74) is 7.56. The van der Waals surface area contributed by atoms with E-state index in [-0.39, 0.29) is 5.82 Å². The van der Waals surface area contributed by atoms with Crippen molar-refractivity contribution >= 4 is 33.0 Å². The molecule has 2 heterocycles. The maximum absolute atomic E-state index is 14.1. The van der Waals surface area contributed by atoms with Gasteiger partial charge in [-0.3, -0.25) is 4.68 Å². The van der Waals surface area contributed by atoms with Gasteiger partial charge in [0.1, 0.15) is 5.82 Å². The second kappa shape index (κ2) is 5.16. The molecule has 3 nitrogen and oxygen atoms in total. The predicted octanol–water partition coefficient (Wildman–Crippen LogP) is 3.71. The Balaban J connectivity index is 2.17. The smallest absolute Gasteiger partial charge is 0.132 e. The monoisotopic (exact) mass is 309 g/mol. The molecule has 0 aliphatic rings. The quantitative estimate of drug-likeness (QED) is 0.801. The molecule has 0 fully saturated rings. The van der Waals surface area contributed by atoms with Crippen LogP contribution in [0.15, 0.2) is 24.4 Å². The summed E-state index contributed by atoms with van der Waals surface area (Å²) < 4.78 is 16.8. The maximum Gasteiger partial charge on any atom is 0.132 e. The van der Waals surface area contributed by atoms with Crippen molar-refractivity contribution in [3.63, 3.8) is 0 Å². The van der Waals surface area contributed by atoms with Crippen LogP contribution in [0, 0.1) is 12.7 Å². The summed E-state index contributed by atoms with van der Waals surface area (Å²) in [5.74, 6) is -0.218. The van der Waals surface area contributed by atoms with Crippen LogP contribution in [0.3, 0.4) is 0 Å². The Morgan fingerprint density at radius 1 is 1.45 bits per heavy atom. The van der Waals surface area contributed by atoms with Gasteiger partial charge in [-0.25, -0.2) is 4.39 Å². The Labute approximate surface area is 124 Å². The second-order valence-corrected chi connectivity index (χ2v) is 6.10. The summed E-state index contributed by atoms with van der Waals surface area (Å²) in [5, 5.41) is 5.48. The molecule has 6 heteroatoms. The molecule has 1 aromatic carbocycles. The van der Waals surface area contributed by atoms with Crippen molar-refractivity contribution < 1.29 is 4.39 Å². The predicted molar refractivity (Wildman–Crippen MR) is 80.8 cm³/mol. The van der Waals surface area contributed by atoms with Crippen LogP contribution in [-0.4, -0.2) is 9.78 Å². The minimum absolute atomic E-state index is 0.218. The average Bonchev–Trinajstić information content (AvgIpc) is 2.95. The molecule has 3 rings (SSSR count). The number of rotatable bonds is 3. The Morgan fingerprint density at radius 2 is 2.25 bits per heavy atom. The number of hydrogen-bond acceptors (Lipinski definition) is 3. The summed E-state index contributed by atoms with van der Waals surface area (Å²) in [6.07, 6.45) is 1.60. The van der Waals surface area contributed by atoms with Crippen molar-refractivity contribution in [1.82, 2.24) is 9.78 Å². The van der Waals surface area contributed by atoms with Crippen LogP contribution in [0.2, 0.25) is 5.02 Å². The first kappa shape index (κ1) is 13.5. The summed E-state index contributed by atoms with van der Waals surface area (Å²) in [6.45, 7) is 2.76. The van der Waals surface area contributed by atoms with E-state index in [2.05, 4.69) is 5.10 Å². The molecule has 0 radical (unpaired) electrons. The fourth-order valence-corrected chi connectivity index (χ4v) is 3.53. The first-order chi connectivity index (χ1) is 9.61. The van der Waals surface area contributed by atoms with Gasteiger partial charge in [0.2, 0.25) is 0 Å². The highest BCUT2D eigenvalue weighted by molar-refractivity contribution is 7.19. The van der Waals surface area contributed by atoms with E-state index in [1.54, 1.807) is 16.9 Å². The first-order valence-corrected chi connectivity index (χ1v) is 7.38. The van der Waals surface area contributed by atoms with E-state index in [4.69, 9.17) is 17.3 Å². The molecular formula is C14H13ClFN3S. The molecular weight excluding hydrogens is 297 g/mol. The number of fused-ring (bicyclic) bond motifs is 1. The van der Waals surface area contributed by atoms with Gasteiger partial charge in [0, 0.05) is 21.5 Å². The lowest BCUT2D eigenvalue weighted by molar-refractivity contribution is 0.632. The first-order valence-electron chi connectivity index (χ1n) is 6.18. The van der Waals surface area contributed by atoms with Crippen molar-refractivity contribution in [1.29, 1.82) is 0 Å². The van der Waals surface area contributed by atoms with Gasteiger partial charge in [-0.2, -0.15) is 5.10 Å². The zero-order chi connectivity index (χ0) is 14.3. The van der Waals surface area contributed by atoms with Crippen molar-refractivity contribution in [3.8, 4) is 0 Å². The molecule has 104 valence electrons. The van der Waals surface area contributed by atoms with Gasteiger partial charge in [-0.15, -0.1) is 11.3 Å². The standard InChI is InChI=1S/C14H13ClFN3S/c1-8-10(15)6-18-19(8)7-9-13(5-17)20-12-4-2-3-11(16)14(9)12/h2-4,6H,5,7,17H2,1H3. The topological polar surface area (TPSA) is 43.8 Å². The molecule has 0 unspecified atom stereocenters. The van der Waals surface area contributed by atoms with Gasteiger partial charge in [0.15, 0.2) is 0 Å². The molecule has 20 heavy (non-hydrogen) atoms. The van der Waals surface area contributed by atoms with Crippen LogP contribution in [0.25, 0.3) is 10.1 Å². The number of aromatic nitrogens is 2. The number of halogens is 2. The van der Waals surface area contributed by atoms with Gasteiger partial charge in [0.25, 0.3) is 0 Å². The Morgan fingerprint density at radius 3 is 2.90 bits per heavy atom. The Kier molecular flexibility index (Phi) is 3.50. The molecule has 2 N–H and O–H groups in total. The lowest BCUT2D eigenvalue weighted by Gasteiger charge is -2.06. The molecule has 0 atom stereocenters. The SMILES string of the molecule is Cc1c(Cl)cnn1Cc1c(CN)sc2cccc(F)c12. The van der Waals surface area contributed by atoms with Crippen LogP contribution < -0.4 is 5.73 Å². The number of nitrogens with zero attached hydrogens (tertiary/aromatic N) is 2. The van der Waals surface area contributed by atoms with E-state index in [0.717, 1.165) is 20.8 Å². The minimum atomic E-state index is -0.218. The van der Waals surface area contributed by atoms with Crippen LogP contribution >= 0.6 is 22.9 Å². The molecule has 0 amide bonds. The van der Waals surface area contributed by atoms with E-state index in [1.165, 1.54) is 17.4 Å². The summed E-state index contributed by atoms with van der Waals surface area (Å²) >= 11 is 7.54. The molecule has 0 spiro atoms. The number of hydrogen-bond donors (Lipinski definition) is 1. The molecule has 0 saturated heterocycles. The Hall–Kier alpha value is -1.43. The van der Waals surface area contributed by atoms with Gasteiger partial charge < -0.3 is 5.73 Å². The molecule has 3 aromatic rings. The average molecular weight is 310 g/mol. The summed E-state index contributed by atoms with van der Waals surface area (Å²) in [7, 11) is 0. The van der Waals surface area contributed by atoms with Gasteiger partial charge >= 0.3 is 0 Å². The summed E-state index contributed by atoms with van der Waals surface area (Å²) in [6, 6.07) is 5.10. The van der Waals surface area contributed by atoms with E-state index in [1.807, 2.05) is 13.0 Å². The number of thiophene rings is 1. The lowest BCUT2D eigenvalue weighted by atomic mass is 10.1. The summed E-state index contributed by atoms with van der Waals surface area (Å²) in [4.78, 5) is 0.983. The van der Waals surface area contributed by atoms with Crippen LogP contribution in [-0.2, 0) is 13.1 Å². The van der Waals surface area contributed by atoms with Crippen LogP contribution in [0.5, 0.6) is 0 Å². The fourth-order valence-electron chi connectivity index (χ4n) is 2.28. The van der Waals surface area contributed by atoms with Crippen LogP contribution in [0.1, 0.15) is 16.1 Å². The largest absolute Gasteiger partial charge is 0.326 e. The third-order valence-corrected chi connectivity index (χ3v) is 4.97. The normalized spacial score (nSPS) is 11.4. The van der Waals surface area contributed by atoms with Gasteiger partial charge in [0.05, 0.1) is 23.5 Å². The van der Waals surface area contributed by atoms with Crippen molar-refractivity contribution in [2.75, 3.05) is 0 Å². The lowest BCUT2D eigenvalue weighted by Crippen LogP contribution is -2.07. The zero-order valence-corrected chi connectivity index (χ0v) is 12.4. The minimum Gasteiger partial charge on any atom is -0.326 e. The van der Waals surface area contributed by atoms with Crippen molar-refractivity contribution in [2.45, 2.75) is 20.0 Å². The molecule has 0 aliphatic carbocycles. The fraction of sp³-hybridized carbons (Fsp3) is 0.214. The molecule has 0 aliphatic heterocycles. The molecule has 0 saturated carbocycles. The third kappa shape index (κ3) is 2.12. The van der Waals surface area contributed by atoms with E-state index < -0.39 is 0 Å². The Bertz CT molecular complexity index is 778. The highest BCUT2D eigenvalue weighted by Gasteiger charge is 2.16. The van der Waals surface area contributed by atoms with E-state index in [0.29, 0.717) is 23.5 Å². The van der Waals surface area contributed by atoms with Crippen molar-refractivity contribution in [2.24, 2.45) is 5.73 Å².